The van der Waals surface area contributed by atoms with Crippen molar-refractivity contribution in [2.24, 2.45) is 0 Å². The highest BCUT2D eigenvalue weighted by Gasteiger charge is 2.25. The first kappa shape index (κ1) is 19.4. The van der Waals surface area contributed by atoms with Gasteiger partial charge in [0, 0.05) is 37.0 Å². The lowest BCUT2D eigenvalue weighted by Gasteiger charge is -2.33. The molecule has 5 heteroatoms. The van der Waals surface area contributed by atoms with Crippen molar-refractivity contribution in [1.29, 1.82) is 0 Å². The van der Waals surface area contributed by atoms with Gasteiger partial charge in [0.1, 0.15) is 11.5 Å². The van der Waals surface area contributed by atoms with Gasteiger partial charge in [0.05, 0.1) is 25.6 Å². The third-order valence-corrected chi connectivity index (χ3v) is 5.53. The molecule has 0 spiro atoms. The molecule has 0 bridgehead atoms. The zero-order chi connectivity index (χ0) is 20.1. The van der Waals surface area contributed by atoms with Crippen LogP contribution in [0.25, 0.3) is 11.3 Å². The van der Waals surface area contributed by atoms with Gasteiger partial charge in [0.2, 0.25) is 0 Å². The van der Waals surface area contributed by atoms with Crippen molar-refractivity contribution >= 4 is 0 Å². The molecular weight excluding hydrogens is 362 g/mol. The van der Waals surface area contributed by atoms with E-state index in [2.05, 4.69) is 28.1 Å². The molecule has 0 radical (unpaired) electrons. The summed E-state index contributed by atoms with van der Waals surface area (Å²) in [7, 11) is 3.39. The third kappa shape index (κ3) is 4.57. The van der Waals surface area contributed by atoms with Gasteiger partial charge in [-0.25, -0.2) is 0 Å². The third-order valence-electron chi connectivity index (χ3n) is 5.53. The average Bonchev–Trinajstić information content (AvgIpc) is 2.80. The highest BCUT2D eigenvalue weighted by molar-refractivity contribution is 5.64. The van der Waals surface area contributed by atoms with Crippen molar-refractivity contribution in [1.82, 2.24) is 14.9 Å². The van der Waals surface area contributed by atoms with Crippen LogP contribution in [0.3, 0.4) is 0 Å². The minimum absolute atomic E-state index is 0.372. The maximum atomic E-state index is 5.40. The van der Waals surface area contributed by atoms with E-state index in [-0.39, 0.29) is 0 Å². The maximum Gasteiger partial charge on any atom is 0.119 e. The van der Waals surface area contributed by atoms with Crippen LogP contribution in [-0.4, -0.2) is 42.2 Å². The number of rotatable bonds is 6. The number of hydrogen-bond acceptors (Lipinski definition) is 5. The molecule has 2 heterocycles. The van der Waals surface area contributed by atoms with Crippen molar-refractivity contribution < 1.29 is 9.47 Å². The number of hydrogen-bond donors (Lipinski definition) is 0. The van der Waals surface area contributed by atoms with Crippen LogP contribution < -0.4 is 9.47 Å². The predicted octanol–water partition coefficient (Wildman–Crippen LogP) is 4.54. The number of methoxy groups -OCH3 is 2. The molecule has 1 aliphatic heterocycles. The quantitative estimate of drug-likeness (QED) is 0.619. The summed E-state index contributed by atoms with van der Waals surface area (Å²) in [6, 6.07) is 16.4. The van der Waals surface area contributed by atoms with Crippen molar-refractivity contribution in [2.45, 2.75) is 25.3 Å². The summed E-state index contributed by atoms with van der Waals surface area (Å²) >= 11 is 0. The number of nitrogens with zero attached hydrogens (tertiary/aromatic N) is 3. The van der Waals surface area contributed by atoms with Gasteiger partial charge in [-0.15, -0.1) is 0 Å². The Morgan fingerprint density at radius 2 is 1.76 bits per heavy atom. The Kier molecular flexibility index (Phi) is 6.06. The van der Waals surface area contributed by atoms with Crippen LogP contribution in [0.5, 0.6) is 11.5 Å². The van der Waals surface area contributed by atoms with Crippen molar-refractivity contribution in [2.75, 3.05) is 27.3 Å². The second-order valence-corrected chi connectivity index (χ2v) is 7.44. The van der Waals surface area contributed by atoms with Gasteiger partial charge in [-0.2, -0.15) is 0 Å². The topological polar surface area (TPSA) is 47.5 Å². The molecule has 0 aliphatic carbocycles. The number of ether oxygens (including phenoxy) is 2. The van der Waals surface area contributed by atoms with E-state index < -0.39 is 0 Å². The molecule has 1 aliphatic rings. The lowest BCUT2D eigenvalue weighted by atomic mass is 9.91. The Hall–Kier alpha value is -2.92. The lowest BCUT2D eigenvalue weighted by molar-refractivity contribution is 0.198. The van der Waals surface area contributed by atoms with Gasteiger partial charge >= 0.3 is 0 Å². The monoisotopic (exact) mass is 389 g/mol. The summed E-state index contributed by atoms with van der Waals surface area (Å²) in [4.78, 5) is 11.9. The van der Waals surface area contributed by atoms with E-state index in [1.165, 1.54) is 5.56 Å². The molecular formula is C24H27N3O2. The minimum atomic E-state index is 0.372. The van der Waals surface area contributed by atoms with Gasteiger partial charge in [0.15, 0.2) is 0 Å². The van der Waals surface area contributed by atoms with E-state index in [4.69, 9.17) is 14.5 Å². The smallest absolute Gasteiger partial charge is 0.119 e. The first-order valence-corrected chi connectivity index (χ1v) is 10.1. The van der Waals surface area contributed by atoms with Gasteiger partial charge in [-0.3, -0.25) is 14.9 Å². The van der Waals surface area contributed by atoms with Crippen LogP contribution in [0, 0.1) is 0 Å². The fourth-order valence-corrected chi connectivity index (χ4v) is 4.05. The summed E-state index contributed by atoms with van der Waals surface area (Å²) in [6.07, 6.45) is 5.88. The van der Waals surface area contributed by atoms with Crippen LogP contribution in [-0.2, 0) is 6.54 Å². The molecule has 1 aromatic heterocycles. The molecule has 2 aromatic carbocycles. The van der Waals surface area contributed by atoms with Gasteiger partial charge in [-0.05, 0) is 49.2 Å². The fourth-order valence-electron chi connectivity index (χ4n) is 4.05. The zero-order valence-electron chi connectivity index (χ0n) is 17.0. The second-order valence-electron chi connectivity index (χ2n) is 7.44. The molecule has 1 fully saturated rings. The van der Waals surface area contributed by atoms with Crippen molar-refractivity contribution in [3.63, 3.8) is 0 Å². The van der Waals surface area contributed by atoms with Crippen LogP contribution >= 0.6 is 0 Å². The Labute approximate surface area is 172 Å². The largest absolute Gasteiger partial charge is 0.497 e. The molecule has 3 aromatic rings. The summed E-state index contributed by atoms with van der Waals surface area (Å²) in [5, 5.41) is 0. The summed E-state index contributed by atoms with van der Waals surface area (Å²) in [6.45, 7) is 3.04. The Bertz CT molecular complexity index is 943. The van der Waals surface area contributed by atoms with E-state index in [9.17, 15) is 0 Å². The molecule has 0 amide bonds. The van der Waals surface area contributed by atoms with Gasteiger partial charge in [0.25, 0.3) is 0 Å². The zero-order valence-corrected chi connectivity index (χ0v) is 17.0. The molecule has 29 heavy (non-hydrogen) atoms. The summed E-state index contributed by atoms with van der Waals surface area (Å²) < 4.78 is 10.7. The highest BCUT2D eigenvalue weighted by atomic mass is 16.5. The van der Waals surface area contributed by atoms with E-state index in [0.717, 1.165) is 60.9 Å². The molecule has 0 N–H and O–H groups in total. The summed E-state index contributed by atoms with van der Waals surface area (Å²) in [5.74, 6) is 2.11. The number of likely N-dealkylation sites (tertiary alicyclic amines) is 1. The standard InChI is InChI=1S/C24H27N3O2/c1-28-21-10-8-18(9-11-21)16-27-14-4-6-20(17-27)24-23(25-12-13-26-24)19-5-3-7-22(15-19)29-2/h3,5,7-13,15,20H,4,6,14,16-17H2,1-2H3/t20-/m0/s1. The van der Waals surface area contributed by atoms with Crippen LogP contribution in [0.2, 0.25) is 0 Å². The molecule has 4 rings (SSSR count). The minimum Gasteiger partial charge on any atom is -0.497 e. The van der Waals surface area contributed by atoms with Gasteiger partial charge < -0.3 is 9.47 Å². The van der Waals surface area contributed by atoms with Crippen LogP contribution in [0.1, 0.15) is 30.0 Å². The molecule has 0 unspecified atom stereocenters. The molecule has 1 atom stereocenters. The van der Waals surface area contributed by atoms with Gasteiger partial charge in [-0.1, -0.05) is 24.3 Å². The number of aromatic nitrogens is 2. The highest BCUT2D eigenvalue weighted by Crippen LogP contribution is 2.33. The second kappa shape index (κ2) is 9.05. The number of piperidine rings is 1. The normalized spacial score (nSPS) is 17.1. The Balaban J connectivity index is 1.53. The molecule has 150 valence electrons. The molecule has 1 saturated heterocycles. The number of benzene rings is 2. The van der Waals surface area contributed by atoms with Crippen molar-refractivity contribution in [3.05, 3.63) is 72.2 Å². The van der Waals surface area contributed by atoms with E-state index in [0.29, 0.717) is 5.92 Å². The molecule has 5 nitrogen and oxygen atoms in total. The molecule has 0 saturated carbocycles. The van der Waals surface area contributed by atoms with E-state index >= 15 is 0 Å². The van der Waals surface area contributed by atoms with Crippen LogP contribution in [0.4, 0.5) is 0 Å². The summed E-state index contributed by atoms with van der Waals surface area (Å²) in [5.41, 5.74) is 4.40. The lowest BCUT2D eigenvalue weighted by Crippen LogP contribution is -2.34. The fraction of sp³-hybridized carbons (Fsp3) is 0.333. The van der Waals surface area contributed by atoms with E-state index in [1.807, 2.05) is 30.3 Å². The first-order valence-electron chi connectivity index (χ1n) is 10.1. The van der Waals surface area contributed by atoms with Crippen LogP contribution in [0.15, 0.2) is 60.9 Å². The Morgan fingerprint density at radius 1 is 0.966 bits per heavy atom. The maximum absolute atomic E-state index is 5.40. The average molecular weight is 389 g/mol. The van der Waals surface area contributed by atoms with E-state index in [1.54, 1.807) is 26.6 Å². The SMILES string of the molecule is COc1ccc(CN2CCC[C@H](c3nccnc3-c3cccc(OC)c3)C2)cc1. The van der Waals surface area contributed by atoms with Crippen molar-refractivity contribution in [3.8, 4) is 22.8 Å². The first-order chi connectivity index (χ1) is 14.3. The Morgan fingerprint density at radius 3 is 2.55 bits per heavy atom. The predicted molar refractivity (Wildman–Crippen MR) is 114 cm³/mol.